The number of unbranched alkanes of at least 4 members (excludes halogenated alkanes) is 1. The van der Waals surface area contributed by atoms with E-state index >= 15 is 0 Å². The lowest BCUT2D eigenvalue weighted by Gasteiger charge is -2.33. The monoisotopic (exact) mass is 278 g/mol. The second-order valence-corrected chi connectivity index (χ2v) is 6.85. The highest BCUT2D eigenvalue weighted by atomic mass is 32.2. The molecule has 18 heavy (non-hydrogen) atoms. The van der Waals surface area contributed by atoms with E-state index in [0.717, 1.165) is 45.5 Å². The van der Waals surface area contributed by atoms with Crippen molar-refractivity contribution in [2.24, 2.45) is 0 Å². The van der Waals surface area contributed by atoms with Gasteiger partial charge in [0.1, 0.15) is 0 Å². The molecule has 1 heterocycles. The molecule has 0 amide bonds. The molecule has 0 aliphatic carbocycles. The minimum atomic E-state index is -3.01. The highest BCUT2D eigenvalue weighted by Crippen LogP contribution is 2.10. The molecule has 5 nitrogen and oxygen atoms in total. The van der Waals surface area contributed by atoms with Crippen molar-refractivity contribution >= 4 is 10.0 Å². The molecule has 0 bridgehead atoms. The molecule has 1 fully saturated rings. The van der Waals surface area contributed by atoms with E-state index in [0.29, 0.717) is 18.8 Å². The van der Waals surface area contributed by atoms with E-state index in [9.17, 15) is 8.42 Å². The highest BCUT2D eigenvalue weighted by Gasteiger charge is 2.25. The average molecular weight is 278 g/mol. The molecule has 0 unspecified atom stereocenters. The van der Waals surface area contributed by atoms with Crippen molar-refractivity contribution in [2.75, 3.05) is 52.2 Å². The van der Waals surface area contributed by atoms with Crippen LogP contribution in [-0.2, 0) is 14.8 Å². The SMILES string of the molecule is CCCCS(=O)(=O)N1CCN(CCCOC)CC1. The van der Waals surface area contributed by atoms with Gasteiger partial charge in [0.15, 0.2) is 0 Å². The molecule has 6 heteroatoms. The molecule has 0 spiro atoms. The first-order valence-electron chi connectivity index (χ1n) is 6.79. The maximum absolute atomic E-state index is 12.0. The summed E-state index contributed by atoms with van der Waals surface area (Å²) in [5, 5.41) is 0. The number of nitrogens with zero attached hydrogens (tertiary/aromatic N) is 2. The molecule has 0 N–H and O–H groups in total. The van der Waals surface area contributed by atoms with Crippen molar-refractivity contribution in [2.45, 2.75) is 26.2 Å². The quantitative estimate of drug-likeness (QED) is 0.615. The van der Waals surface area contributed by atoms with Crippen LogP contribution < -0.4 is 0 Å². The molecule has 1 aliphatic rings. The van der Waals surface area contributed by atoms with Crippen LogP contribution in [0.25, 0.3) is 0 Å². The summed E-state index contributed by atoms with van der Waals surface area (Å²) in [6.07, 6.45) is 2.70. The summed E-state index contributed by atoms with van der Waals surface area (Å²) in [6, 6.07) is 0. The van der Waals surface area contributed by atoms with Crippen LogP contribution in [0.5, 0.6) is 0 Å². The van der Waals surface area contributed by atoms with Gasteiger partial charge in [-0.15, -0.1) is 0 Å². The van der Waals surface area contributed by atoms with Gasteiger partial charge in [-0.25, -0.2) is 8.42 Å². The molecule has 0 aromatic carbocycles. The number of ether oxygens (including phenoxy) is 1. The van der Waals surface area contributed by atoms with Crippen molar-refractivity contribution in [1.29, 1.82) is 0 Å². The smallest absolute Gasteiger partial charge is 0.214 e. The van der Waals surface area contributed by atoms with Crippen molar-refractivity contribution in [1.82, 2.24) is 9.21 Å². The van der Waals surface area contributed by atoms with Crippen LogP contribution in [0.15, 0.2) is 0 Å². The number of hydrogen-bond donors (Lipinski definition) is 0. The number of rotatable bonds is 8. The van der Waals surface area contributed by atoms with Crippen LogP contribution in [0.2, 0.25) is 0 Å². The molecule has 0 aromatic rings. The standard InChI is InChI=1S/C12H26N2O3S/c1-3-4-12-18(15,16)14-9-7-13(8-10-14)6-5-11-17-2/h3-12H2,1-2H3. The zero-order valence-corrected chi connectivity index (χ0v) is 12.4. The summed E-state index contributed by atoms with van der Waals surface area (Å²) in [7, 11) is -1.31. The van der Waals surface area contributed by atoms with E-state index in [1.807, 2.05) is 6.92 Å². The van der Waals surface area contributed by atoms with Gasteiger partial charge < -0.3 is 9.64 Å². The second kappa shape index (κ2) is 8.09. The van der Waals surface area contributed by atoms with E-state index in [4.69, 9.17) is 4.74 Å². The summed E-state index contributed by atoms with van der Waals surface area (Å²) < 4.78 is 30.7. The van der Waals surface area contributed by atoms with Gasteiger partial charge in [-0.2, -0.15) is 4.31 Å². The molecule has 0 saturated carbocycles. The van der Waals surface area contributed by atoms with Crippen molar-refractivity contribution in [3.05, 3.63) is 0 Å². The topological polar surface area (TPSA) is 49.9 Å². The van der Waals surface area contributed by atoms with Crippen molar-refractivity contribution in [3.63, 3.8) is 0 Å². The van der Waals surface area contributed by atoms with Crippen molar-refractivity contribution < 1.29 is 13.2 Å². The number of piperazine rings is 1. The fourth-order valence-electron chi connectivity index (χ4n) is 2.12. The Balaban J connectivity index is 2.30. The minimum Gasteiger partial charge on any atom is -0.385 e. The number of hydrogen-bond acceptors (Lipinski definition) is 4. The Labute approximate surface area is 111 Å². The molecule has 108 valence electrons. The fraction of sp³-hybridized carbons (Fsp3) is 1.00. The van der Waals surface area contributed by atoms with E-state index in [2.05, 4.69) is 4.90 Å². The third-order valence-electron chi connectivity index (χ3n) is 3.30. The summed E-state index contributed by atoms with van der Waals surface area (Å²) in [4.78, 5) is 2.31. The Hall–Kier alpha value is -0.170. The number of methoxy groups -OCH3 is 1. The van der Waals surface area contributed by atoms with Crippen LogP contribution in [0.1, 0.15) is 26.2 Å². The maximum atomic E-state index is 12.0. The van der Waals surface area contributed by atoms with Gasteiger partial charge in [0.05, 0.1) is 5.75 Å². The predicted octanol–water partition coefficient (Wildman–Crippen LogP) is 0.770. The van der Waals surface area contributed by atoms with Gasteiger partial charge in [-0.1, -0.05) is 13.3 Å². The summed E-state index contributed by atoms with van der Waals surface area (Å²) in [6.45, 7) is 6.75. The molecule has 1 rings (SSSR count). The number of sulfonamides is 1. The average Bonchev–Trinajstić information content (AvgIpc) is 2.37. The zero-order chi connectivity index (χ0) is 13.4. The van der Waals surface area contributed by atoms with E-state index in [1.54, 1.807) is 11.4 Å². The lowest BCUT2D eigenvalue weighted by Crippen LogP contribution is -2.49. The van der Waals surface area contributed by atoms with Crippen molar-refractivity contribution in [3.8, 4) is 0 Å². The molecule has 0 aromatic heterocycles. The zero-order valence-electron chi connectivity index (χ0n) is 11.6. The molecule has 0 atom stereocenters. The Kier molecular flexibility index (Phi) is 7.14. The molecule has 1 saturated heterocycles. The first kappa shape index (κ1) is 15.9. The third kappa shape index (κ3) is 5.22. The van der Waals surface area contributed by atoms with E-state index in [1.165, 1.54) is 0 Å². The summed E-state index contributed by atoms with van der Waals surface area (Å²) in [5.41, 5.74) is 0. The third-order valence-corrected chi connectivity index (χ3v) is 5.26. The van der Waals surface area contributed by atoms with Gasteiger partial charge in [0.2, 0.25) is 10.0 Å². The van der Waals surface area contributed by atoms with Gasteiger partial charge in [-0.05, 0) is 12.8 Å². The van der Waals surface area contributed by atoms with Gasteiger partial charge >= 0.3 is 0 Å². The Bertz CT molecular complexity index is 311. The summed E-state index contributed by atoms with van der Waals surface area (Å²) in [5.74, 6) is 0.299. The van der Waals surface area contributed by atoms with Gasteiger partial charge in [0, 0.05) is 46.4 Å². The normalized spacial score (nSPS) is 19.2. The lowest BCUT2D eigenvalue weighted by molar-refractivity contribution is 0.149. The summed E-state index contributed by atoms with van der Waals surface area (Å²) >= 11 is 0. The van der Waals surface area contributed by atoms with E-state index < -0.39 is 10.0 Å². The van der Waals surface area contributed by atoms with Crippen LogP contribution >= 0.6 is 0 Å². The Morgan fingerprint density at radius 3 is 2.33 bits per heavy atom. The largest absolute Gasteiger partial charge is 0.385 e. The van der Waals surface area contributed by atoms with E-state index in [-0.39, 0.29) is 0 Å². The molecule has 1 aliphatic heterocycles. The molecular weight excluding hydrogens is 252 g/mol. The van der Waals surface area contributed by atoms with Crippen LogP contribution in [0.4, 0.5) is 0 Å². The van der Waals surface area contributed by atoms with Gasteiger partial charge in [-0.3, -0.25) is 0 Å². The first-order valence-corrected chi connectivity index (χ1v) is 8.40. The second-order valence-electron chi connectivity index (χ2n) is 4.76. The minimum absolute atomic E-state index is 0.299. The van der Waals surface area contributed by atoms with Crippen LogP contribution in [0.3, 0.4) is 0 Å². The highest BCUT2D eigenvalue weighted by molar-refractivity contribution is 7.89. The Morgan fingerprint density at radius 2 is 1.78 bits per heavy atom. The predicted molar refractivity (Wildman–Crippen MR) is 73.2 cm³/mol. The Morgan fingerprint density at radius 1 is 1.11 bits per heavy atom. The van der Waals surface area contributed by atoms with Crippen LogP contribution in [-0.4, -0.2) is 69.8 Å². The fourth-order valence-corrected chi connectivity index (χ4v) is 3.75. The maximum Gasteiger partial charge on any atom is 0.214 e. The van der Waals surface area contributed by atoms with Gasteiger partial charge in [0.25, 0.3) is 0 Å². The molecule has 0 radical (unpaired) electrons. The first-order chi connectivity index (χ1) is 8.60. The lowest BCUT2D eigenvalue weighted by atomic mass is 10.3. The molecular formula is C12H26N2O3S. The van der Waals surface area contributed by atoms with Crippen LogP contribution in [0, 0.1) is 0 Å².